The van der Waals surface area contributed by atoms with Crippen molar-refractivity contribution in [2.75, 3.05) is 24.9 Å². The number of hydrogen-bond acceptors (Lipinski definition) is 3. The molecule has 0 saturated carbocycles. The van der Waals surface area contributed by atoms with Crippen molar-refractivity contribution in [2.24, 2.45) is 0 Å². The maximum absolute atomic E-state index is 11.4. The van der Waals surface area contributed by atoms with Crippen LogP contribution < -0.4 is 0 Å². The third-order valence-electron chi connectivity index (χ3n) is 2.14. The van der Waals surface area contributed by atoms with Crippen molar-refractivity contribution < 1.29 is 13.5 Å². The Kier molecular flexibility index (Phi) is 8.42. The zero-order valence-corrected chi connectivity index (χ0v) is 10.7. The number of unbranched alkanes of at least 4 members (excludes halogenated alkanes) is 3. The minimum atomic E-state index is -3.37. The molecular formula is C9H20ClNO3S. The number of aliphatic hydroxyl groups is 1. The van der Waals surface area contributed by atoms with Crippen molar-refractivity contribution in [3.05, 3.63) is 0 Å². The van der Waals surface area contributed by atoms with Gasteiger partial charge in [0.05, 0.1) is 6.61 Å². The summed E-state index contributed by atoms with van der Waals surface area (Å²) >= 11 is 5.35. The van der Waals surface area contributed by atoms with Crippen LogP contribution in [0.3, 0.4) is 0 Å². The second-order valence-electron chi connectivity index (χ2n) is 3.40. The average Bonchev–Trinajstić information content (AvgIpc) is 2.22. The maximum atomic E-state index is 11.4. The van der Waals surface area contributed by atoms with Gasteiger partial charge in [0, 0.05) is 13.1 Å². The van der Waals surface area contributed by atoms with E-state index in [1.54, 1.807) is 0 Å². The van der Waals surface area contributed by atoms with E-state index in [9.17, 15) is 8.42 Å². The van der Waals surface area contributed by atoms with Crippen molar-refractivity contribution in [3.8, 4) is 0 Å². The quantitative estimate of drug-likeness (QED) is 0.502. The number of nitrogens with zero attached hydrogens (tertiary/aromatic N) is 1. The van der Waals surface area contributed by atoms with Crippen LogP contribution in [-0.4, -0.2) is 42.7 Å². The summed E-state index contributed by atoms with van der Waals surface area (Å²) in [6, 6.07) is 0. The molecule has 0 aliphatic heterocycles. The van der Waals surface area contributed by atoms with Crippen LogP contribution in [0.15, 0.2) is 0 Å². The molecular weight excluding hydrogens is 238 g/mol. The molecule has 0 fully saturated rings. The molecule has 0 aromatic rings. The van der Waals surface area contributed by atoms with Gasteiger partial charge in [0.15, 0.2) is 0 Å². The van der Waals surface area contributed by atoms with E-state index in [1.165, 1.54) is 4.31 Å². The van der Waals surface area contributed by atoms with Crippen molar-refractivity contribution >= 4 is 21.6 Å². The van der Waals surface area contributed by atoms with Gasteiger partial charge in [-0.25, -0.2) is 8.42 Å². The molecule has 6 heteroatoms. The highest BCUT2D eigenvalue weighted by Gasteiger charge is 2.19. The van der Waals surface area contributed by atoms with Crippen molar-refractivity contribution in [3.63, 3.8) is 0 Å². The highest BCUT2D eigenvalue weighted by atomic mass is 35.5. The molecule has 0 radical (unpaired) electrons. The van der Waals surface area contributed by atoms with E-state index in [4.69, 9.17) is 16.7 Å². The van der Waals surface area contributed by atoms with Gasteiger partial charge in [0.1, 0.15) is 5.21 Å². The summed E-state index contributed by atoms with van der Waals surface area (Å²) in [5.41, 5.74) is 0. The fourth-order valence-electron chi connectivity index (χ4n) is 1.29. The summed E-state index contributed by atoms with van der Waals surface area (Å²) in [4.78, 5) is 0. The third kappa shape index (κ3) is 6.35. The Morgan fingerprint density at radius 3 is 2.33 bits per heavy atom. The minimum Gasteiger partial charge on any atom is -0.395 e. The maximum Gasteiger partial charge on any atom is 0.228 e. The summed E-state index contributed by atoms with van der Waals surface area (Å²) in [7, 11) is -3.37. The van der Waals surface area contributed by atoms with E-state index in [1.807, 2.05) is 0 Å². The van der Waals surface area contributed by atoms with Crippen LogP contribution >= 0.6 is 11.6 Å². The van der Waals surface area contributed by atoms with E-state index in [0.717, 1.165) is 25.7 Å². The van der Waals surface area contributed by atoms with Gasteiger partial charge in [0.2, 0.25) is 10.0 Å². The summed E-state index contributed by atoms with van der Waals surface area (Å²) in [5, 5.41) is 8.33. The molecule has 0 atom stereocenters. The Hall–Kier alpha value is 0.160. The Labute approximate surface area is 97.3 Å². The molecule has 0 aromatic carbocycles. The van der Waals surface area contributed by atoms with Crippen molar-refractivity contribution in [2.45, 2.75) is 32.6 Å². The summed E-state index contributed by atoms with van der Waals surface area (Å²) in [6.45, 7) is 2.53. The van der Waals surface area contributed by atoms with Gasteiger partial charge in [-0.1, -0.05) is 26.2 Å². The number of halogens is 1. The van der Waals surface area contributed by atoms with E-state index < -0.39 is 15.2 Å². The van der Waals surface area contributed by atoms with Gasteiger partial charge < -0.3 is 5.11 Å². The number of alkyl halides is 1. The lowest BCUT2D eigenvalue weighted by Crippen LogP contribution is -2.35. The largest absolute Gasteiger partial charge is 0.395 e. The molecule has 0 saturated heterocycles. The molecule has 0 aliphatic rings. The topological polar surface area (TPSA) is 57.6 Å². The molecule has 0 bridgehead atoms. The predicted molar refractivity (Wildman–Crippen MR) is 62.4 cm³/mol. The van der Waals surface area contributed by atoms with E-state index >= 15 is 0 Å². The van der Waals surface area contributed by atoms with Gasteiger partial charge in [-0.2, -0.15) is 4.31 Å². The molecule has 0 aromatic heterocycles. The standard InChI is InChI=1S/C9H20ClNO3S/c1-2-3-4-5-6-11(7-8-12)15(13,14)9-10/h12H,2-9H2,1H3. The Morgan fingerprint density at radius 1 is 1.20 bits per heavy atom. The molecule has 0 heterocycles. The first-order chi connectivity index (χ1) is 7.08. The lowest BCUT2D eigenvalue weighted by molar-refractivity contribution is 0.252. The molecule has 0 amide bonds. The second-order valence-corrected chi connectivity index (χ2v) is 5.96. The molecule has 4 nitrogen and oxygen atoms in total. The molecule has 92 valence electrons. The average molecular weight is 258 g/mol. The molecule has 0 spiro atoms. The first-order valence-electron chi connectivity index (χ1n) is 5.23. The zero-order chi connectivity index (χ0) is 11.7. The van der Waals surface area contributed by atoms with Crippen LogP contribution in [0.5, 0.6) is 0 Å². The van der Waals surface area contributed by atoms with Gasteiger partial charge >= 0.3 is 0 Å². The fourth-order valence-corrected chi connectivity index (χ4v) is 2.60. The van der Waals surface area contributed by atoms with Gasteiger partial charge in [-0.05, 0) is 6.42 Å². The first-order valence-corrected chi connectivity index (χ1v) is 7.37. The number of rotatable bonds is 9. The highest BCUT2D eigenvalue weighted by molar-refractivity contribution is 7.90. The molecule has 15 heavy (non-hydrogen) atoms. The van der Waals surface area contributed by atoms with Gasteiger partial charge in [-0.3, -0.25) is 0 Å². The molecule has 1 N–H and O–H groups in total. The normalized spacial score (nSPS) is 12.3. The van der Waals surface area contributed by atoms with Gasteiger partial charge in [-0.15, -0.1) is 11.6 Å². The number of hydrogen-bond donors (Lipinski definition) is 1. The molecule has 0 rings (SSSR count). The number of sulfonamides is 1. The summed E-state index contributed by atoms with van der Waals surface area (Å²) in [5.74, 6) is 0. The van der Waals surface area contributed by atoms with E-state index in [2.05, 4.69) is 6.92 Å². The van der Waals surface area contributed by atoms with E-state index in [-0.39, 0.29) is 13.2 Å². The smallest absolute Gasteiger partial charge is 0.228 e. The predicted octanol–water partition coefficient (Wildman–Crippen LogP) is 1.39. The molecule has 0 unspecified atom stereocenters. The zero-order valence-electron chi connectivity index (χ0n) is 9.15. The summed E-state index contributed by atoms with van der Waals surface area (Å²) < 4.78 is 24.1. The van der Waals surface area contributed by atoms with Crippen LogP contribution in [0.2, 0.25) is 0 Å². The van der Waals surface area contributed by atoms with Crippen LogP contribution in [-0.2, 0) is 10.0 Å². The van der Waals surface area contributed by atoms with Crippen LogP contribution in [0.1, 0.15) is 32.6 Å². The van der Waals surface area contributed by atoms with Crippen LogP contribution in [0, 0.1) is 0 Å². The highest BCUT2D eigenvalue weighted by Crippen LogP contribution is 2.07. The Balaban J connectivity index is 4.05. The van der Waals surface area contributed by atoms with Gasteiger partial charge in [0.25, 0.3) is 0 Å². The minimum absolute atomic E-state index is 0.140. The van der Waals surface area contributed by atoms with Crippen LogP contribution in [0.4, 0.5) is 0 Å². The van der Waals surface area contributed by atoms with Crippen molar-refractivity contribution in [1.82, 2.24) is 4.31 Å². The molecule has 0 aliphatic carbocycles. The van der Waals surface area contributed by atoms with E-state index in [0.29, 0.717) is 6.54 Å². The Bertz CT molecular complexity index is 244. The first kappa shape index (κ1) is 15.2. The summed E-state index contributed by atoms with van der Waals surface area (Å²) in [6.07, 6.45) is 4.05. The van der Waals surface area contributed by atoms with Crippen molar-refractivity contribution in [1.29, 1.82) is 0 Å². The Morgan fingerprint density at radius 2 is 1.87 bits per heavy atom. The monoisotopic (exact) mass is 257 g/mol. The number of aliphatic hydroxyl groups excluding tert-OH is 1. The fraction of sp³-hybridized carbons (Fsp3) is 1.00. The van der Waals surface area contributed by atoms with Crippen LogP contribution in [0.25, 0.3) is 0 Å². The lowest BCUT2D eigenvalue weighted by atomic mass is 10.2. The second kappa shape index (κ2) is 8.33. The SMILES string of the molecule is CCCCCCN(CCO)S(=O)(=O)CCl. The third-order valence-corrected chi connectivity index (χ3v) is 4.40. The lowest BCUT2D eigenvalue weighted by Gasteiger charge is -2.19.